The summed E-state index contributed by atoms with van der Waals surface area (Å²) in [6.07, 6.45) is 4.23. The van der Waals surface area contributed by atoms with Crippen LogP contribution in [0, 0.1) is 6.92 Å². The van der Waals surface area contributed by atoms with Crippen molar-refractivity contribution in [3.8, 4) is 17.1 Å². The maximum atomic E-state index is 12.4. The topological polar surface area (TPSA) is 98.5 Å². The number of aromatic nitrogens is 6. The predicted molar refractivity (Wildman–Crippen MR) is 118 cm³/mol. The van der Waals surface area contributed by atoms with Crippen LogP contribution in [0.5, 0.6) is 0 Å². The minimum Gasteiger partial charge on any atom is -0.300 e. The molecule has 0 fully saturated rings. The van der Waals surface area contributed by atoms with E-state index in [-0.39, 0.29) is 11.7 Å². The van der Waals surface area contributed by atoms with Crippen LogP contribution in [0.1, 0.15) is 17.5 Å². The largest absolute Gasteiger partial charge is 0.300 e. The Kier molecular flexibility index (Phi) is 6.15. The molecule has 0 unspecified atom stereocenters. The molecule has 10 heteroatoms. The molecule has 0 atom stereocenters. The number of hydrogen-bond acceptors (Lipinski definition) is 8. The van der Waals surface area contributed by atoms with Crippen LogP contribution in [-0.2, 0) is 11.2 Å². The normalized spacial score (nSPS) is 10.9. The summed E-state index contributed by atoms with van der Waals surface area (Å²) in [7, 11) is 0. The molecular weight excluding hydrogens is 418 g/mol. The summed E-state index contributed by atoms with van der Waals surface area (Å²) in [6.45, 7) is 4.04. The van der Waals surface area contributed by atoms with Crippen molar-refractivity contribution in [2.24, 2.45) is 0 Å². The van der Waals surface area contributed by atoms with Crippen molar-refractivity contribution in [3.63, 3.8) is 0 Å². The second-order valence-electron chi connectivity index (χ2n) is 6.36. The standard InChI is InChI=1S/C20H19N7OS2/c1-3-17-23-25-19(30-17)22-16(28)12-29-20-26-24-18(14-8-10-21-11-9-14)27(20)15-7-5-4-6-13(15)2/h4-11H,3,12H2,1-2H3,(H,22,25,28). The van der Waals surface area contributed by atoms with Gasteiger partial charge in [-0.3, -0.25) is 19.7 Å². The van der Waals surface area contributed by atoms with Crippen LogP contribution in [0.4, 0.5) is 5.13 Å². The van der Waals surface area contributed by atoms with E-state index < -0.39 is 0 Å². The first-order chi connectivity index (χ1) is 14.7. The van der Waals surface area contributed by atoms with Crippen LogP contribution in [0.25, 0.3) is 17.1 Å². The van der Waals surface area contributed by atoms with Crippen LogP contribution < -0.4 is 5.32 Å². The van der Waals surface area contributed by atoms with Gasteiger partial charge in [-0.25, -0.2) is 0 Å². The molecule has 1 aromatic carbocycles. The second-order valence-corrected chi connectivity index (χ2v) is 8.36. The molecule has 0 aliphatic heterocycles. The Morgan fingerprint density at radius 2 is 1.90 bits per heavy atom. The quantitative estimate of drug-likeness (QED) is 0.439. The molecule has 3 heterocycles. The van der Waals surface area contributed by atoms with Gasteiger partial charge in [0.05, 0.1) is 11.4 Å². The number of para-hydroxylation sites is 1. The molecule has 0 radical (unpaired) electrons. The molecule has 0 aliphatic rings. The lowest BCUT2D eigenvalue weighted by molar-refractivity contribution is -0.113. The Labute approximate surface area is 181 Å². The summed E-state index contributed by atoms with van der Waals surface area (Å²) in [5.74, 6) is 0.719. The number of rotatable bonds is 7. The van der Waals surface area contributed by atoms with Gasteiger partial charge in [-0.05, 0) is 37.1 Å². The van der Waals surface area contributed by atoms with E-state index in [1.54, 1.807) is 12.4 Å². The van der Waals surface area contributed by atoms with Crippen molar-refractivity contribution in [1.82, 2.24) is 29.9 Å². The minimum absolute atomic E-state index is 0.163. The number of hydrogen-bond donors (Lipinski definition) is 1. The summed E-state index contributed by atoms with van der Waals surface area (Å²) >= 11 is 2.71. The third-order valence-electron chi connectivity index (χ3n) is 4.28. The van der Waals surface area contributed by atoms with Gasteiger partial charge in [-0.2, -0.15) is 0 Å². The van der Waals surface area contributed by atoms with Gasteiger partial charge < -0.3 is 0 Å². The third-order valence-corrected chi connectivity index (χ3v) is 6.19. The average molecular weight is 438 g/mol. The van der Waals surface area contributed by atoms with E-state index in [0.29, 0.717) is 16.1 Å². The molecule has 0 aliphatic carbocycles. The van der Waals surface area contributed by atoms with E-state index in [1.807, 2.05) is 54.8 Å². The zero-order valence-electron chi connectivity index (χ0n) is 16.4. The van der Waals surface area contributed by atoms with Gasteiger partial charge in [-0.1, -0.05) is 48.2 Å². The van der Waals surface area contributed by atoms with E-state index in [4.69, 9.17) is 0 Å². The SMILES string of the molecule is CCc1nnc(NC(=O)CSc2nnc(-c3ccncc3)n2-c2ccccc2C)s1. The number of nitrogens with one attached hydrogen (secondary N) is 1. The van der Waals surface area contributed by atoms with E-state index in [2.05, 4.69) is 30.7 Å². The number of aryl methyl sites for hydroxylation is 2. The number of thioether (sulfide) groups is 1. The number of amides is 1. The highest BCUT2D eigenvalue weighted by Crippen LogP contribution is 2.29. The van der Waals surface area contributed by atoms with Crippen molar-refractivity contribution >= 4 is 34.1 Å². The molecule has 0 saturated heterocycles. The highest BCUT2D eigenvalue weighted by Gasteiger charge is 2.18. The van der Waals surface area contributed by atoms with Crippen LogP contribution in [0.3, 0.4) is 0 Å². The molecule has 0 saturated carbocycles. The molecule has 4 aromatic rings. The maximum Gasteiger partial charge on any atom is 0.236 e. The molecular formula is C20H19N7OS2. The van der Waals surface area contributed by atoms with Gasteiger partial charge in [0.1, 0.15) is 5.01 Å². The lowest BCUT2D eigenvalue weighted by atomic mass is 10.2. The van der Waals surface area contributed by atoms with Gasteiger partial charge in [-0.15, -0.1) is 20.4 Å². The molecule has 3 aromatic heterocycles. The molecule has 4 rings (SSSR count). The predicted octanol–water partition coefficient (Wildman–Crippen LogP) is 3.78. The van der Waals surface area contributed by atoms with E-state index in [1.165, 1.54) is 23.1 Å². The molecule has 0 spiro atoms. The maximum absolute atomic E-state index is 12.4. The Morgan fingerprint density at radius 1 is 1.10 bits per heavy atom. The number of carbonyl (C=O) groups is 1. The van der Waals surface area contributed by atoms with Gasteiger partial charge >= 0.3 is 0 Å². The Morgan fingerprint density at radius 3 is 2.63 bits per heavy atom. The van der Waals surface area contributed by atoms with Gasteiger partial charge in [0.25, 0.3) is 0 Å². The molecule has 0 bridgehead atoms. The van der Waals surface area contributed by atoms with Crippen molar-refractivity contribution in [2.75, 3.05) is 11.1 Å². The lowest BCUT2D eigenvalue weighted by Crippen LogP contribution is -2.14. The Balaban J connectivity index is 1.59. The first-order valence-corrected chi connectivity index (χ1v) is 11.1. The van der Waals surface area contributed by atoms with Crippen LogP contribution >= 0.6 is 23.1 Å². The lowest BCUT2D eigenvalue weighted by Gasteiger charge is -2.12. The molecule has 30 heavy (non-hydrogen) atoms. The monoisotopic (exact) mass is 437 g/mol. The first-order valence-electron chi connectivity index (χ1n) is 9.32. The summed E-state index contributed by atoms with van der Waals surface area (Å²) < 4.78 is 1.97. The number of carbonyl (C=O) groups excluding carboxylic acids is 1. The van der Waals surface area contributed by atoms with Crippen molar-refractivity contribution in [3.05, 3.63) is 59.4 Å². The second kappa shape index (κ2) is 9.14. The third kappa shape index (κ3) is 4.39. The first kappa shape index (κ1) is 20.2. The van der Waals surface area contributed by atoms with Crippen LogP contribution in [0.2, 0.25) is 0 Å². The van der Waals surface area contributed by atoms with Gasteiger partial charge in [0, 0.05) is 18.0 Å². The zero-order valence-corrected chi connectivity index (χ0v) is 18.1. The summed E-state index contributed by atoms with van der Waals surface area (Å²) in [6, 6.07) is 11.8. The Bertz CT molecular complexity index is 1160. The number of benzene rings is 1. The van der Waals surface area contributed by atoms with E-state index >= 15 is 0 Å². The van der Waals surface area contributed by atoms with Crippen LogP contribution in [0.15, 0.2) is 53.9 Å². The fourth-order valence-corrected chi connectivity index (χ4v) is 4.26. The smallest absolute Gasteiger partial charge is 0.236 e. The Hall–Kier alpha value is -3.11. The summed E-state index contributed by atoms with van der Waals surface area (Å²) in [5, 5.41) is 21.6. The molecule has 1 amide bonds. The number of nitrogens with zero attached hydrogens (tertiary/aromatic N) is 6. The summed E-state index contributed by atoms with van der Waals surface area (Å²) in [4.78, 5) is 16.5. The van der Waals surface area contributed by atoms with Crippen molar-refractivity contribution in [2.45, 2.75) is 25.4 Å². The van der Waals surface area contributed by atoms with Gasteiger partial charge in [0.2, 0.25) is 11.0 Å². The summed E-state index contributed by atoms with van der Waals surface area (Å²) in [5.41, 5.74) is 2.95. The molecule has 8 nitrogen and oxygen atoms in total. The fourth-order valence-electron chi connectivity index (χ4n) is 2.82. The van der Waals surface area contributed by atoms with E-state index in [9.17, 15) is 4.79 Å². The highest BCUT2D eigenvalue weighted by molar-refractivity contribution is 7.99. The van der Waals surface area contributed by atoms with Crippen LogP contribution in [-0.4, -0.2) is 41.6 Å². The number of anilines is 1. The van der Waals surface area contributed by atoms with Crippen molar-refractivity contribution in [1.29, 1.82) is 0 Å². The average Bonchev–Trinajstić information content (AvgIpc) is 3.40. The van der Waals surface area contributed by atoms with Gasteiger partial charge in [0.15, 0.2) is 11.0 Å². The molecule has 152 valence electrons. The molecule has 1 N–H and O–H groups in total. The van der Waals surface area contributed by atoms with Crippen molar-refractivity contribution < 1.29 is 4.79 Å². The van der Waals surface area contributed by atoms with E-state index in [0.717, 1.165) is 28.2 Å². The highest BCUT2D eigenvalue weighted by atomic mass is 32.2. The zero-order chi connectivity index (χ0) is 20.9. The fraction of sp³-hybridized carbons (Fsp3) is 0.200. The number of pyridine rings is 1. The minimum atomic E-state index is -0.163.